The molecule has 2 aliphatic heterocycles. The predicted molar refractivity (Wildman–Crippen MR) is 164 cm³/mol. The van der Waals surface area contributed by atoms with Gasteiger partial charge in [0, 0.05) is 35.6 Å². The molecule has 1 fully saturated rings. The quantitative estimate of drug-likeness (QED) is 0.157. The minimum atomic E-state index is -4.93. The Kier molecular flexibility index (Phi) is 11.5. The van der Waals surface area contributed by atoms with Crippen LogP contribution in [0.2, 0.25) is 0 Å². The topological polar surface area (TPSA) is 166 Å². The third-order valence-electron chi connectivity index (χ3n) is 7.25. The van der Waals surface area contributed by atoms with Gasteiger partial charge in [-0.15, -0.1) is 4.28 Å². The molecule has 14 nitrogen and oxygen atoms in total. The number of benzene rings is 2. The number of urea groups is 1. The van der Waals surface area contributed by atoms with Gasteiger partial charge in [-0.05, 0) is 47.9 Å². The summed E-state index contributed by atoms with van der Waals surface area (Å²) >= 11 is 0. The summed E-state index contributed by atoms with van der Waals surface area (Å²) in [6.45, 7) is 2.12. The van der Waals surface area contributed by atoms with E-state index in [1.807, 2.05) is 48.5 Å². The molecule has 5 rings (SSSR count). The summed E-state index contributed by atoms with van der Waals surface area (Å²) in [5.41, 5.74) is 2.79. The van der Waals surface area contributed by atoms with Crippen molar-refractivity contribution >= 4 is 51.9 Å². The first-order valence-electron chi connectivity index (χ1n) is 13.8. The second-order valence-corrected chi connectivity index (χ2v) is 11.3. The van der Waals surface area contributed by atoms with Crippen LogP contribution in [0.3, 0.4) is 0 Å². The summed E-state index contributed by atoms with van der Waals surface area (Å²) in [6, 6.07) is 13.9. The number of hydrogen-bond acceptors (Lipinski definition) is 10. The van der Waals surface area contributed by atoms with Crippen LogP contribution in [0.25, 0.3) is 0 Å². The van der Waals surface area contributed by atoms with Crippen LogP contribution in [0.15, 0.2) is 72.4 Å². The fraction of sp³-hybridized carbons (Fsp3) is 0.300. The van der Waals surface area contributed by atoms with E-state index in [0.717, 1.165) is 27.5 Å². The number of hydrogen-bond donors (Lipinski definition) is 2. The average Bonchev–Trinajstić information content (AvgIpc) is 3.30. The molecule has 1 aromatic heterocycles. The van der Waals surface area contributed by atoms with Crippen molar-refractivity contribution in [2.75, 3.05) is 20.8 Å². The first kappa shape index (κ1) is 35.0. The van der Waals surface area contributed by atoms with Crippen molar-refractivity contribution in [3.8, 4) is 23.0 Å². The largest absolute Gasteiger partial charge is 0.497 e. The molecule has 3 heterocycles. The smallest absolute Gasteiger partial charge is 0.418 e. The molecule has 2 aromatic carbocycles. The zero-order valence-corrected chi connectivity index (χ0v) is 28.5. The number of amides is 3. The number of nitrogens with one attached hydrogen (secondary N) is 1. The van der Waals surface area contributed by atoms with Gasteiger partial charge in [0.25, 0.3) is 0 Å². The van der Waals surface area contributed by atoms with Gasteiger partial charge in [0.15, 0.2) is 11.5 Å². The number of nitrogens with zero attached hydrogens (tertiary/aromatic N) is 3. The maximum absolute atomic E-state index is 13.2. The van der Waals surface area contributed by atoms with Crippen molar-refractivity contribution < 1.29 is 45.8 Å². The van der Waals surface area contributed by atoms with E-state index in [0.29, 0.717) is 27.8 Å². The van der Waals surface area contributed by atoms with Gasteiger partial charge in [-0.1, -0.05) is 30.3 Å². The summed E-state index contributed by atoms with van der Waals surface area (Å²) < 4.78 is 58.6. The van der Waals surface area contributed by atoms with Crippen LogP contribution in [0, 0.1) is 0 Å². The van der Waals surface area contributed by atoms with Crippen LogP contribution in [0.4, 0.5) is 4.79 Å². The van der Waals surface area contributed by atoms with Gasteiger partial charge < -0.3 is 29.2 Å². The number of hydroxylamine groups is 2. The van der Waals surface area contributed by atoms with E-state index < -0.39 is 34.4 Å². The normalized spacial score (nSPS) is 17.1. The number of methoxy groups -OCH3 is 2. The molecule has 1 radical (unpaired) electrons. The molecule has 2 atom stereocenters. The molecule has 0 saturated carbocycles. The Hall–Kier alpha value is -3.86. The SMILES string of the molecule is COc1ccc(COc2cnc(CNC(=O)[C@@H]3C=C(C)[C@@H]4CN3C(=O)N4OS(=O)(=O)O)cc2OCc2ccc(OC)cc2)cc1.[Na]. The van der Waals surface area contributed by atoms with E-state index in [9.17, 15) is 18.0 Å². The zero-order valence-electron chi connectivity index (χ0n) is 25.7. The number of carbonyl (C=O) groups is 2. The molecule has 0 unspecified atom stereocenters. The molecule has 2 bridgehead atoms. The molecule has 3 aromatic rings. The van der Waals surface area contributed by atoms with E-state index in [4.69, 9.17) is 23.5 Å². The molecule has 0 aliphatic carbocycles. The summed E-state index contributed by atoms with van der Waals surface area (Å²) in [6.07, 6.45) is 3.06. The third-order valence-corrected chi connectivity index (χ3v) is 7.60. The Balaban J connectivity index is 0.00000480. The molecule has 239 valence electrons. The van der Waals surface area contributed by atoms with E-state index >= 15 is 0 Å². The molecule has 1 saturated heterocycles. The van der Waals surface area contributed by atoms with Crippen molar-refractivity contribution in [1.82, 2.24) is 20.3 Å². The summed E-state index contributed by atoms with van der Waals surface area (Å²) in [5, 5.41) is 3.32. The number of rotatable bonds is 13. The minimum absolute atomic E-state index is 0. The standard InChI is InChI=1S/C30H32N4O10S.Na/c1-19-12-25(33-16-26(19)34(30(33)36)44-45(37,38)39)29(35)32-14-22-13-27(42-17-20-4-8-23(40-2)9-5-20)28(15-31-22)43-18-21-6-10-24(41-3)11-7-21;/h4-13,15,25-26H,14,16-18H2,1-3H3,(H,32,35)(H,37,38,39);/t25-,26-;/m0./s1. The molecule has 46 heavy (non-hydrogen) atoms. The number of aromatic nitrogens is 1. The van der Waals surface area contributed by atoms with Gasteiger partial charge in [-0.25, -0.2) is 4.79 Å². The van der Waals surface area contributed by atoms with Crippen LogP contribution in [0.5, 0.6) is 23.0 Å². The number of ether oxygens (including phenoxy) is 4. The molecule has 16 heteroatoms. The van der Waals surface area contributed by atoms with Crippen LogP contribution < -0.4 is 24.3 Å². The van der Waals surface area contributed by atoms with Gasteiger partial charge in [0.05, 0.1) is 39.2 Å². The Morgan fingerprint density at radius 3 is 2.09 bits per heavy atom. The predicted octanol–water partition coefficient (Wildman–Crippen LogP) is 2.66. The van der Waals surface area contributed by atoms with Gasteiger partial charge >= 0.3 is 16.4 Å². The fourth-order valence-electron chi connectivity index (χ4n) is 4.84. The molecule has 0 spiro atoms. The average molecular weight is 664 g/mol. The fourth-order valence-corrected chi connectivity index (χ4v) is 5.21. The molecular weight excluding hydrogens is 631 g/mol. The maximum atomic E-state index is 13.2. The van der Waals surface area contributed by atoms with E-state index in [-0.39, 0.29) is 55.9 Å². The van der Waals surface area contributed by atoms with Gasteiger partial charge in [-0.2, -0.15) is 13.5 Å². The number of pyridine rings is 1. The Labute approximate surface area is 288 Å². The number of fused-ring (bicyclic) bond motifs is 2. The van der Waals surface area contributed by atoms with E-state index in [1.165, 1.54) is 6.20 Å². The Morgan fingerprint density at radius 1 is 0.978 bits per heavy atom. The van der Waals surface area contributed by atoms with Crippen molar-refractivity contribution in [1.29, 1.82) is 0 Å². The van der Waals surface area contributed by atoms with Crippen LogP contribution in [-0.4, -0.2) is 102 Å². The Morgan fingerprint density at radius 2 is 1.54 bits per heavy atom. The van der Waals surface area contributed by atoms with E-state index in [1.54, 1.807) is 33.3 Å². The second-order valence-electron chi connectivity index (χ2n) is 10.2. The third kappa shape index (κ3) is 8.48. The van der Waals surface area contributed by atoms with Gasteiger partial charge in [-0.3, -0.25) is 14.3 Å². The van der Waals surface area contributed by atoms with Crippen molar-refractivity contribution in [2.45, 2.75) is 38.8 Å². The number of carbonyl (C=O) groups excluding carboxylic acids is 2. The monoisotopic (exact) mass is 663 g/mol. The first-order valence-corrected chi connectivity index (χ1v) is 15.1. The first-order chi connectivity index (χ1) is 21.5. The summed E-state index contributed by atoms with van der Waals surface area (Å²) in [4.78, 5) is 31.6. The zero-order chi connectivity index (χ0) is 32.1. The molecule has 2 aliphatic rings. The molecule has 2 N–H and O–H groups in total. The van der Waals surface area contributed by atoms with Crippen LogP contribution in [-0.2, 0) is 39.2 Å². The van der Waals surface area contributed by atoms with Crippen LogP contribution in [0.1, 0.15) is 23.7 Å². The van der Waals surface area contributed by atoms with Crippen molar-refractivity contribution in [2.24, 2.45) is 0 Å². The maximum Gasteiger partial charge on any atom is 0.418 e. The van der Waals surface area contributed by atoms with Crippen molar-refractivity contribution in [3.63, 3.8) is 0 Å². The minimum Gasteiger partial charge on any atom is -0.497 e. The second kappa shape index (κ2) is 15.2. The van der Waals surface area contributed by atoms with Crippen LogP contribution >= 0.6 is 0 Å². The summed E-state index contributed by atoms with van der Waals surface area (Å²) in [7, 11) is -1.75. The van der Waals surface area contributed by atoms with E-state index in [2.05, 4.69) is 14.6 Å². The van der Waals surface area contributed by atoms with Crippen molar-refractivity contribution in [3.05, 3.63) is 89.3 Å². The molecule has 3 amide bonds. The van der Waals surface area contributed by atoms with Gasteiger partial charge in [0.2, 0.25) is 5.91 Å². The Bertz CT molecular complexity index is 1690. The van der Waals surface area contributed by atoms with Gasteiger partial charge in [0.1, 0.15) is 36.8 Å². The summed E-state index contributed by atoms with van der Waals surface area (Å²) in [5.74, 6) is 1.73. The molecular formula is C30H32N4NaO10S.